The average Bonchev–Trinajstić information content (AvgIpc) is 2.27. The van der Waals surface area contributed by atoms with E-state index >= 15 is 0 Å². The quantitative estimate of drug-likeness (QED) is 0.468. The van der Waals surface area contributed by atoms with Crippen molar-refractivity contribution < 1.29 is 14.3 Å². The number of alkyl halides is 2. The summed E-state index contributed by atoms with van der Waals surface area (Å²) in [5, 5.41) is 0. The van der Waals surface area contributed by atoms with Crippen molar-refractivity contribution in [1.29, 1.82) is 0 Å². The highest BCUT2D eigenvalue weighted by molar-refractivity contribution is 6.55. The first-order valence-corrected chi connectivity index (χ1v) is 4.94. The molecule has 0 aliphatic rings. The van der Waals surface area contributed by atoms with Crippen molar-refractivity contribution >= 4 is 35.0 Å². The third-order valence-corrected chi connectivity index (χ3v) is 2.16. The summed E-state index contributed by atoms with van der Waals surface area (Å²) in [4.78, 5) is 21.4. The number of carbonyl (C=O) groups is 2. The predicted molar refractivity (Wildman–Crippen MR) is 57.6 cm³/mol. The fourth-order valence-corrected chi connectivity index (χ4v) is 1.30. The Balaban J connectivity index is 3.02. The van der Waals surface area contributed by atoms with Crippen LogP contribution in [0.25, 0.3) is 0 Å². The Kier molecular flexibility index (Phi) is 4.12. The Morgan fingerprint density at radius 2 is 1.87 bits per heavy atom. The van der Waals surface area contributed by atoms with Gasteiger partial charge in [-0.1, -0.05) is 35.3 Å². The first kappa shape index (κ1) is 12.0. The molecule has 0 saturated heterocycles. The van der Waals surface area contributed by atoms with E-state index in [4.69, 9.17) is 23.2 Å². The van der Waals surface area contributed by atoms with Crippen LogP contribution in [0, 0.1) is 0 Å². The topological polar surface area (TPSA) is 43.4 Å². The van der Waals surface area contributed by atoms with Gasteiger partial charge in [0.1, 0.15) is 0 Å². The summed E-state index contributed by atoms with van der Waals surface area (Å²) in [5.41, 5.74) is 0.574. The van der Waals surface area contributed by atoms with Crippen LogP contribution in [0.2, 0.25) is 0 Å². The highest BCUT2D eigenvalue weighted by Gasteiger charge is 2.15. The van der Waals surface area contributed by atoms with Crippen LogP contribution in [0.4, 0.5) is 0 Å². The smallest absolute Gasteiger partial charge is 0.337 e. The molecular formula is C10H8Cl2O3. The van der Waals surface area contributed by atoms with E-state index in [2.05, 4.69) is 4.74 Å². The fourth-order valence-electron chi connectivity index (χ4n) is 1.04. The number of esters is 1. The molecule has 5 heteroatoms. The minimum atomic E-state index is -1.13. The average molecular weight is 247 g/mol. The number of ketones is 1. The van der Waals surface area contributed by atoms with E-state index < -0.39 is 16.6 Å². The first-order chi connectivity index (χ1) is 7.06. The van der Waals surface area contributed by atoms with Gasteiger partial charge < -0.3 is 4.74 Å². The van der Waals surface area contributed by atoms with E-state index in [1.54, 1.807) is 12.1 Å². The van der Waals surface area contributed by atoms with Crippen molar-refractivity contribution in [1.82, 2.24) is 0 Å². The number of Topliss-reactive ketones (excluding diaryl/α,β-unsaturated/α-hetero) is 1. The maximum Gasteiger partial charge on any atom is 0.337 e. The minimum Gasteiger partial charge on any atom is -0.465 e. The van der Waals surface area contributed by atoms with Gasteiger partial charge in [0.25, 0.3) is 0 Å². The van der Waals surface area contributed by atoms with Crippen molar-refractivity contribution in [3.05, 3.63) is 35.4 Å². The lowest BCUT2D eigenvalue weighted by molar-refractivity contribution is 0.0600. The lowest BCUT2D eigenvalue weighted by atomic mass is 10.1. The third-order valence-electron chi connectivity index (χ3n) is 1.77. The molecule has 1 aromatic carbocycles. The van der Waals surface area contributed by atoms with E-state index in [1.165, 1.54) is 19.2 Å². The zero-order valence-corrected chi connectivity index (χ0v) is 9.38. The van der Waals surface area contributed by atoms with Crippen LogP contribution in [-0.2, 0) is 4.74 Å². The van der Waals surface area contributed by atoms with Gasteiger partial charge in [0, 0.05) is 5.56 Å². The molecule has 80 valence electrons. The van der Waals surface area contributed by atoms with Crippen molar-refractivity contribution in [3.63, 3.8) is 0 Å². The lowest BCUT2D eigenvalue weighted by Crippen LogP contribution is -2.10. The van der Waals surface area contributed by atoms with E-state index in [1.807, 2.05) is 0 Å². The van der Waals surface area contributed by atoms with Crippen LogP contribution in [0.1, 0.15) is 20.7 Å². The van der Waals surface area contributed by atoms with Crippen molar-refractivity contribution in [2.75, 3.05) is 7.11 Å². The van der Waals surface area contributed by atoms with Gasteiger partial charge in [-0.2, -0.15) is 0 Å². The number of benzene rings is 1. The molecule has 0 heterocycles. The summed E-state index contributed by atoms with van der Waals surface area (Å²) in [5.74, 6) is -0.950. The molecule has 15 heavy (non-hydrogen) atoms. The summed E-state index contributed by atoms with van der Waals surface area (Å²) in [6, 6.07) is 6.04. The van der Waals surface area contributed by atoms with E-state index in [0.717, 1.165) is 0 Å². The van der Waals surface area contributed by atoms with Crippen LogP contribution >= 0.6 is 23.2 Å². The normalized spacial score (nSPS) is 10.1. The maximum atomic E-state index is 11.4. The highest BCUT2D eigenvalue weighted by Crippen LogP contribution is 2.14. The second kappa shape index (κ2) is 5.14. The number of ether oxygens (including phenoxy) is 1. The Morgan fingerprint density at radius 1 is 1.27 bits per heavy atom. The Bertz CT molecular complexity index is 388. The molecule has 3 nitrogen and oxygen atoms in total. The second-order valence-electron chi connectivity index (χ2n) is 2.74. The molecule has 0 saturated carbocycles. The van der Waals surface area contributed by atoms with E-state index in [0.29, 0.717) is 0 Å². The van der Waals surface area contributed by atoms with Gasteiger partial charge >= 0.3 is 5.97 Å². The summed E-state index contributed by atoms with van der Waals surface area (Å²) in [7, 11) is 1.27. The molecule has 0 aromatic heterocycles. The number of halogens is 2. The molecule has 1 aromatic rings. The number of methoxy groups -OCH3 is 1. The molecular weight excluding hydrogens is 239 g/mol. The van der Waals surface area contributed by atoms with Crippen LogP contribution in [-0.4, -0.2) is 23.7 Å². The van der Waals surface area contributed by atoms with Gasteiger partial charge in [0.2, 0.25) is 0 Å². The largest absolute Gasteiger partial charge is 0.465 e. The molecule has 1 rings (SSSR count). The molecule has 0 N–H and O–H groups in total. The van der Waals surface area contributed by atoms with Gasteiger partial charge in [-0.15, -0.1) is 0 Å². The van der Waals surface area contributed by atoms with Crippen LogP contribution in [0.3, 0.4) is 0 Å². The SMILES string of the molecule is COC(=O)c1cccc(C(=O)C(Cl)Cl)c1. The highest BCUT2D eigenvalue weighted by atomic mass is 35.5. The number of rotatable bonds is 3. The van der Waals surface area contributed by atoms with Crippen molar-refractivity contribution in [3.8, 4) is 0 Å². The molecule has 0 fully saturated rings. The Labute approximate surface area is 96.9 Å². The molecule has 0 aliphatic heterocycles. The fraction of sp³-hybridized carbons (Fsp3) is 0.200. The molecule has 0 amide bonds. The van der Waals surface area contributed by atoms with E-state index in [-0.39, 0.29) is 11.1 Å². The van der Waals surface area contributed by atoms with Crippen LogP contribution < -0.4 is 0 Å². The molecule has 0 bridgehead atoms. The van der Waals surface area contributed by atoms with Gasteiger partial charge in [-0.05, 0) is 12.1 Å². The molecule has 0 unspecified atom stereocenters. The summed E-state index contributed by atoms with van der Waals surface area (Å²) >= 11 is 10.9. The molecule has 0 aliphatic carbocycles. The van der Waals surface area contributed by atoms with Gasteiger partial charge in [0.05, 0.1) is 12.7 Å². The van der Waals surface area contributed by atoms with Crippen molar-refractivity contribution in [2.45, 2.75) is 4.84 Å². The third kappa shape index (κ3) is 2.94. The summed E-state index contributed by atoms with van der Waals surface area (Å²) in [6.07, 6.45) is 0. The van der Waals surface area contributed by atoms with Crippen molar-refractivity contribution in [2.24, 2.45) is 0 Å². The number of hydrogen-bond donors (Lipinski definition) is 0. The zero-order chi connectivity index (χ0) is 11.4. The summed E-state index contributed by atoms with van der Waals surface area (Å²) < 4.78 is 4.52. The lowest BCUT2D eigenvalue weighted by Gasteiger charge is -2.03. The molecule has 0 atom stereocenters. The first-order valence-electron chi connectivity index (χ1n) is 4.07. The predicted octanol–water partition coefficient (Wildman–Crippen LogP) is 2.46. The molecule has 0 radical (unpaired) electrons. The van der Waals surface area contributed by atoms with Crippen LogP contribution in [0.15, 0.2) is 24.3 Å². The Hall–Kier alpha value is -1.06. The van der Waals surface area contributed by atoms with Gasteiger partial charge in [-0.3, -0.25) is 4.79 Å². The maximum absolute atomic E-state index is 11.4. The summed E-state index contributed by atoms with van der Waals surface area (Å²) in [6.45, 7) is 0. The minimum absolute atomic E-state index is 0.285. The van der Waals surface area contributed by atoms with Crippen LogP contribution in [0.5, 0.6) is 0 Å². The van der Waals surface area contributed by atoms with E-state index in [9.17, 15) is 9.59 Å². The zero-order valence-electron chi connectivity index (χ0n) is 7.87. The molecule has 0 spiro atoms. The number of hydrogen-bond acceptors (Lipinski definition) is 3. The standard InChI is InChI=1S/C10H8Cl2O3/c1-15-10(14)7-4-2-3-6(5-7)8(13)9(11)12/h2-5,9H,1H3. The van der Waals surface area contributed by atoms with Gasteiger partial charge in [0.15, 0.2) is 10.6 Å². The second-order valence-corrected chi connectivity index (χ2v) is 3.83. The van der Waals surface area contributed by atoms with Gasteiger partial charge in [-0.25, -0.2) is 4.79 Å². The number of carbonyl (C=O) groups excluding carboxylic acids is 2. The monoisotopic (exact) mass is 246 g/mol. The Morgan fingerprint density at radius 3 is 2.40 bits per heavy atom.